The van der Waals surface area contributed by atoms with E-state index < -0.39 is 24.5 Å². The summed E-state index contributed by atoms with van der Waals surface area (Å²) < 4.78 is 0. The zero-order valence-corrected chi connectivity index (χ0v) is 7.01. The van der Waals surface area contributed by atoms with Crippen LogP contribution < -0.4 is 11.5 Å². The summed E-state index contributed by atoms with van der Waals surface area (Å²) in [5.74, 6) is -2.85. The van der Waals surface area contributed by atoms with Gasteiger partial charge in [-0.05, 0) is 0 Å². The standard InChI is InChI=1S/C4H6O5.C2H8N2/c5-2(4(8)9)1-3(6)7;3-1-2-4/h2,5H,1H2,(H,6,7)(H,8,9);1-4H2. The lowest BCUT2D eigenvalue weighted by Crippen LogP contribution is -2.22. The Hall–Kier alpha value is -1.18. The van der Waals surface area contributed by atoms with Crippen molar-refractivity contribution in [3.63, 3.8) is 0 Å². The monoisotopic (exact) mass is 194 g/mol. The summed E-state index contributed by atoms with van der Waals surface area (Å²) in [5.41, 5.74) is 9.81. The largest absolute Gasteiger partial charge is 0.481 e. The van der Waals surface area contributed by atoms with Gasteiger partial charge in [-0.2, -0.15) is 0 Å². The lowest BCUT2D eigenvalue weighted by Gasteiger charge is -1.97. The first-order chi connectivity index (χ1) is 5.95. The highest BCUT2D eigenvalue weighted by Gasteiger charge is 2.16. The molecule has 0 aliphatic rings. The summed E-state index contributed by atoms with van der Waals surface area (Å²) in [7, 11) is 0. The van der Waals surface area contributed by atoms with Crippen LogP contribution in [0.3, 0.4) is 0 Å². The first kappa shape index (κ1) is 14.3. The molecule has 0 aliphatic heterocycles. The normalized spacial score (nSPS) is 11.0. The molecule has 0 saturated carbocycles. The van der Waals surface area contributed by atoms with Gasteiger partial charge in [0.1, 0.15) is 0 Å². The van der Waals surface area contributed by atoms with Crippen LogP contribution in [-0.4, -0.2) is 46.5 Å². The molecule has 0 bridgehead atoms. The molecule has 0 fully saturated rings. The Morgan fingerprint density at radius 1 is 1.15 bits per heavy atom. The predicted octanol–water partition coefficient (Wildman–Crippen LogP) is -2.19. The Balaban J connectivity index is 0. The number of carboxylic acid groups (broad SMARTS) is 2. The Kier molecular flexibility index (Phi) is 9.84. The zero-order valence-electron chi connectivity index (χ0n) is 7.01. The van der Waals surface area contributed by atoms with E-state index >= 15 is 0 Å². The van der Waals surface area contributed by atoms with E-state index in [2.05, 4.69) is 0 Å². The minimum Gasteiger partial charge on any atom is -0.481 e. The molecular weight excluding hydrogens is 180 g/mol. The van der Waals surface area contributed by atoms with Crippen LogP contribution in [0.5, 0.6) is 0 Å². The number of carbonyl (C=O) groups is 2. The molecular formula is C6H14N2O5. The van der Waals surface area contributed by atoms with Crippen molar-refractivity contribution in [3.8, 4) is 0 Å². The number of rotatable bonds is 4. The second-order valence-corrected chi connectivity index (χ2v) is 2.03. The van der Waals surface area contributed by atoms with Gasteiger partial charge in [-0.1, -0.05) is 0 Å². The maximum atomic E-state index is 9.72. The molecule has 13 heavy (non-hydrogen) atoms. The summed E-state index contributed by atoms with van der Waals surface area (Å²) >= 11 is 0. The molecule has 0 aromatic carbocycles. The molecule has 0 saturated heterocycles. The van der Waals surface area contributed by atoms with Crippen molar-refractivity contribution in [2.75, 3.05) is 13.1 Å². The molecule has 0 aliphatic carbocycles. The quantitative estimate of drug-likeness (QED) is 0.341. The van der Waals surface area contributed by atoms with Crippen molar-refractivity contribution >= 4 is 11.9 Å². The minimum absolute atomic E-state index is 0.597. The Morgan fingerprint density at radius 2 is 1.54 bits per heavy atom. The molecule has 7 N–H and O–H groups in total. The first-order valence-corrected chi connectivity index (χ1v) is 3.48. The van der Waals surface area contributed by atoms with Crippen molar-refractivity contribution in [1.29, 1.82) is 0 Å². The van der Waals surface area contributed by atoms with Gasteiger partial charge in [0.25, 0.3) is 0 Å². The zero-order chi connectivity index (χ0) is 10.9. The smallest absolute Gasteiger partial charge is 0.333 e. The fourth-order valence-corrected chi connectivity index (χ4v) is 0.253. The van der Waals surface area contributed by atoms with E-state index in [4.69, 9.17) is 26.8 Å². The van der Waals surface area contributed by atoms with Crippen molar-refractivity contribution in [3.05, 3.63) is 0 Å². The summed E-state index contributed by atoms with van der Waals surface area (Å²) in [5, 5.41) is 24.1. The summed E-state index contributed by atoms with van der Waals surface area (Å²) in [4.78, 5) is 19.4. The fraction of sp³-hybridized carbons (Fsp3) is 0.667. The van der Waals surface area contributed by atoms with Crippen LogP contribution in [0, 0.1) is 0 Å². The molecule has 7 heteroatoms. The lowest BCUT2D eigenvalue weighted by molar-refractivity contribution is -0.152. The highest BCUT2D eigenvalue weighted by Crippen LogP contribution is 1.89. The van der Waals surface area contributed by atoms with Crippen molar-refractivity contribution in [1.82, 2.24) is 0 Å². The number of carboxylic acids is 2. The average Bonchev–Trinajstić information content (AvgIpc) is 2.03. The van der Waals surface area contributed by atoms with Crippen LogP contribution in [-0.2, 0) is 9.59 Å². The maximum absolute atomic E-state index is 9.72. The Labute approximate surface area is 75.0 Å². The van der Waals surface area contributed by atoms with Crippen LogP contribution in [0.25, 0.3) is 0 Å². The van der Waals surface area contributed by atoms with E-state index in [9.17, 15) is 9.59 Å². The molecule has 7 nitrogen and oxygen atoms in total. The van der Waals surface area contributed by atoms with Gasteiger partial charge >= 0.3 is 11.9 Å². The van der Waals surface area contributed by atoms with E-state index in [0.29, 0.717) is 13.1 Å². The van der Waals surface area contributed by atoms with E-state index in [1.165, 1.54) is 0 Å². The van der Waals surface area contributed by atoms with Gasteiger partial charge in [0, 0.05) is 13.1 Å². The summed E-state index contributed by atoms with van der Waals surface area (Å²) in [6.45, 7) is 1.19. The topological polar surface area (TPSA) is 147 Å². The van der Waals surface area contributed by atoms with Crippen LogP contribution in [0.2, 0.25) is 0 Å². The third-order valence-corrected chi connectivity index (χ3v) is 0.820. The van der Waals surface area contributed by atoms with Gasteiger partial charge in [0.2, 0.25) is 0 Å². The molecule has 1 unspecified atom stereocenters. The number of hydrogen-bond acceptors (Lipinski definition) is 5. The second-order valence-electron chi connectivity index (χ2n) is 2.03. The minimum atomic E-state index is -1.79. The number of hydrogen-bond donors (Lipinski definition) is 5. The van der Waals surface area contributed by atoms with E-state index in [1.807, 2.05) is 0 Å². The van der Waals surface area contributed by atoms with Crippen LogP contribution in [0.1, 0.15) is 6.42 Å². The van der Waals surface area contributed by atoms with Gasteiger partial charge in [-0.15, -0.1) is 0 Å². The predicted molar refractivity (Wildman–Crippen MR) is 44.0 cm³/mol. The fourth-order valence-electron chi connectivity index (χ4n) is 0.253. The second kappa shape index (κ2) is 8.91. The molecule has 0 radical (unpaired) electrons. The van der Waals surface area contributed by atoms with E-state index in [1.54, 1.807) is 0 Å². The first-order valence-electron chi connectivity index (χ1n) is 3.48. The third-order valence-electron chi connectivity index (χ3n) is 0.820. The Morgan fingerprint density at radius 3 is 1.62 bits per heavy atom. The van der Waals surface area contributed by atoms with Gasteiger partial charge in [0.15, 0.2) is 6.10 Å². The van der Waals surface area contributed by atoms with E-state index in [0.717, 1.165) is 0 Å². The van der Waals surface area contributed by atoms with Crippen LogP contribution >= 0.6 is 0 Å². The summed E-state index contributed by atoms with van der Waals surface area (Å²) in [6, 6.07) is 0. The molecule has 0 heterocycles. The molecule has 0 amide bonds. The highest BCUT2D eigenvalue weighted by atomic mass is 16.4. The number of aliphatic hydroxyl groups excluding tert-OH is 1. The molecule has 1 atom stereocenters. The molecule has 0 spiro atoms. The van der Waals surface area contributed by atoms with Crippen molar-refractivity contribution in [2.45, 2.75) is 12.5 Å². The molecule has 0 rings (SSSR count). The van der Waals surface area contributed by atoms with E-state index in [-0.39, 0.29) is 0 Å². The number of aliphatic hydroxyl groups is 1. The lowest BCUT2D eigenvalue weighted by atomic mass is 10.3. The molecule has 0 aromatic rings. The van der Waals surface area contributed by atoms with Gasteiger partial charge in [-0.25, -0.2) is 4.79 Å². The maximum Gasteiger partial charge on any atom is 0.333 e. The third kappa shape index (κ3) is 13.8. The van der Waals surface area contributed by atoms with Crippen LogP contribution in [0.4, 0.5) is 0 Å². The summed E-state index contributed by atoms with van der Waals surface area (Å²) in [6.07, 6.45) is -2.54. The van der Waals surface area contributed by atoms with Crippen molar-refractivity contribution < 1.29 is 24.9 Å². The van der Waals surface area contributed by atoms with Gasteiger partial charge in [-0.3, -0.25) is 4.79 Å². The Bertz CT molecular complexity index is 159. The SMILES string of the molecule is NCCN.O=C(O)CC(O)C(=O)O. The number of aliphatic carboxylic acids is 2. The van der Waals surface area contributed by atoms with Crippen LogP contribution in [0.15, 0.2) is 0 Å². The van der Waals surface area contributed by atoms with Gasteiger partial charge < -0.3 is 26.8 Å². The highest BCUT2D eigenvalue weighted by molar-refractivity contribution is 5.79. The average molecular weight is 194 g/mol. The van der Waals surface area contributed by atoms with Crippen molar-refractivity contribution in [2.24, 2.45) is 11.5 Å². The molecule has 0 aromatic heterocycles. The molecule has 78 valence electrons. The van der Waals surface area contributed by atoms with Gasteiger partial charge in [0.05, 0.1) is 6.42 Å². The number of nitrogens with two attached hydrogens (primary N) is 2.